The minimum Gasteiger partial charge on any atom is -0.357 e. The third kappa shape index (κ3) is 4.65. The summed E-state index contributed by atoms with van der Waals surface area (Å²) in [6.07, 6.45) is 4.69. The molecular weight excluding hydrogens is 427 g/mol. The van der Waals surface area contributed by atoms with Crippen molar-refractivity contribution in [2.24, 2.45) is 16.3 Å². The Balaban J connectivity index is 0.00000225. The molecule has 0 saturated carbocycles. The summed E-state index contributed by atoms with van der Waals surface area (Å²) >= 11 is 0. The van der Waals surface area contributed by atoms with Crippen LogP contribution in [0.1, 0.15) is 51.7 Å². The average molecular weight is 460 g/mol. The number of aliphatic imine (C=N–C) groups is 1. The maximum Gasteiger partial charge on any atom is 0.193 e. The number of nitrogens with one attached hydrogen (secondary N) is 1. The van der Waals surface area contributed by atoms with Crippen LogP contribution < -0.4 is 5.32 Å². The van der Waals surface area contributed by atoms with E-state index in [1.165, 1.54) is 12.8 Å². The van der Waals surface area contributed by atoms with Gasteiger partial charge in [0.05, 0.1) is 0 Å². The Labute approximate surface area is 168 Å². The van der Waals surface area contributed by atoms with E-state index in [1.807, 2.05) is 6.92 Å². The summed E-state index contributed by atoms with van der Waals surface area (Å²) in [5.41, 5.74) is 0.440. The van der Waals surface area contributed by atoms with Crippen LogP contribution in [-0.2, 0) is 13.0 Å². The van der Waals surface area contributed by atoms with E-state index in [9.17, 15) is 0 Å². The zero-order chi connectivity index (χ0) is 17.2. The average Bonchev–Trinajstić information content (AvgIpc) is 3.16. The van der Waals surface area contributed by atoms with Gasteiger partial charge in [0.25, 0.3) is 0 Å². The molecule has 142 valence electrons. The largest absolute Gasteiger partial charge is 0.357 e. The minimum absolute atomic E-state index is 0. The predicted molar refractivity (Wildman–Crippen MR) is 113 cm³/mol. The molecule has 0 aliphatic carbocycles. The standard InChI is InChI=1S/C18H32N6.HI/c1-5-18(4)9-10-23(13-18)17(19-6-2)20-11-15-7-8-16-22-21-14(3)24(16)12-15;/h15H,5-13H2,1-4H3,(H,19,20);1H. The van der Waals surface area contributed by atoms with Crippen molar-refractivity contribution < 1.29 is 0 Å². The summed E-state index contributed by atoms with van der Waals surface area (Å²) in [7, 11) is 0. The maximum atomic E-state index is 4.98. The fraction of sp³-hybridized carbons (Fsp3) is 0.833. The highest BCUT2D eigenvalue weighted by Crippen LogP contribution is 2.33. The highest BCUT2D eigenvalue weighted by molar-refractivity contribution is 14.0. The van der Waals surface area contributed by atoms with Gasteiger partial charge in [0.15, 0.2) is 5.96 Å². The first-order valence-electron chi connectivity index (χ1n) is 9.46. The van der Waals surface area contributed by atoms with Gasteiger partial charge in [-0.15, -0.1) is 34.2 Å². The quantitative estimate of drug-likeness (QED) is 0.427. The van der Waals surface area contributed by atoms with E-state index < -0.39 is 0 Å². The van der Waals surface area contributed by atoms with Gasteiger partial charge in [-0.05, 0) is 44.4 Å². The molecular formula is C18H33IN6. The summed E-state index contributed by atoms with van der Waals surface area (Å²) in [5.74, 6) is 3.85. The molecule has 3 rings (SSSR count). The van der Waals surface area contributed by atoms with Crippen LogP contribution in [0.15, 0.2) is 4.99 Å². The summed E-state index contributed by atoms with van der Waals surface area (Å²) in [6, 6.07) is 0. The van der Waals surface area contributed by atoms with Crippen LogP contribution in [0.3, 0.4) is 0 Å². The van der Waals surface area contributed by atoms with Gasteiger partial charge >= 0.3 is 0 Å². The number of fused-ring (bicyclic) bond motifs is 1. The summed E-state index contributed by atoms with van der Waals surface area (Å²) in [5, 5.41) is 12.0. The fourth-order valence-corrected chi connectivity index (χ4v) is 3.81. The lowest BCUT2D eigenvalue weighted by atomic mass is 9.87. The van der Waals surface area contributed by atoms with Gasteiger partial charge in [-0.25, -0.2) is 0 Å². The Morgan fingerprint density at radius 1 is 1.36 bits per heavy atom. The monoisotopic (exact) mass is 460 g/mol. The molecule has 0 aromatic carbocycles. The topological polar surface area (TPSA) is 58.3 Å². The van der Waals surface area contributed by atoms with Crippen molar-refractivity contribution in [2.45, 2.75) is 59.9 Å². The van der Waals surface area contributed by atoms with E-state index in [-0.39, 0.29) is 24.0 Å². The Bertz CT molecular complexity index is 598. The van der Waals surface area contributed by atoms with Crippen molar-refractivity contribution >= 4 is 29.9 Å². The fourth-order valence-electron chi connectivity index (χ4n) is 3.81. The van der Waals surface area contributed by atoms with Gasteiger partial charge < -0.3 is 14.8 Å². The lowest BCUT2D eigenvalue weighted by Crippen LogP contribution is -2.41. The van der Waals surface area contributed by atoms with Gasteiger partial charge in [0, 0.05) is 39.1 Å². The molecule has 0 amide bonds. The Morgan fingerprint density at radius 2 is 2.16 bits per heavy atom. The first kappa shape index (κ1) is 20.5. The normalized spacial score (nSPS) is 26.3. The van der Waals surface area contributed by atoms with Crippen molar-refractivity contribution in [3.63, 3.8) is 0 Å². The van der Waals surface area contributed by atoms with E-state index in [2.05, 4.69) is 45.8 Å². The molecule has 1 saturated heterocycles. The third-order valence-corrected chi connectivity index (χ3v) is 5.77. The number of guanidine groups is 1. The first-order valence-corrected chi connectivity index (χ1v) is 9.46. The predicted octanol–water partition coefficient (Wildman–Crippen LogP) is 2.85. The third-order valence-electron chi connectivity index (χ3n) is 5.77. The van der Waals surface area contributed by atoms with Crippen molar-refractivity contribution in [3.05, 3.63) is 11.6 Å². The van der Waals surface area contributed by atoms with Crippen LogP contribution >= 0.6 is 24.0 Å². The number of hydrogen-bond acceptors (Lipinski definition) is 3. The van der Waals surface area contributed by atoms with Gasteiger partial charge in [0.2, 0.25) is 0 Å². The van der Waals surface area contributed by atoms with Crippen molar-refractivity contribution in [1.82, 2.24) is 25.0 Å². The highest BCUT2D eigenvalue weighted by atomic mass is 127. The molecule has 1 fully saturated rings. The molecule has 25 heavy (non-hydrogen) atoms. The van der Waals surface area contributed by atoms with Crippen molar-refractivity contribution in [1.29, 1.82) is 0 Å². The van der Waals surface area contributed by atoms with Crippen LogP contribution in [0.5, 0.6) is 0 Å². The molecule has 2 atom stereocenters. The molecule has 1 aromatic rings. The number of rotatable bonds is 4. The lowest BCUT2D eigenvalue weighted by molar-refractivity contribution is 0.320. The minimum atomic E-state index is 0. The zero-order valence-corrected chi connectivity index (χ0v) is 18.4. The van der Waals surface area contributed by atoms with E-state index in [1.54, 1.807) is 0 Å². The second-order valence-electron chi connectivity index (χ2n) is 7.71. The number of nitrogens with zero attached hydrogens (tertiary/aromatic N) is 5. The molecule has 1 N–H and O–H groups in total. The lowest BCUT2D eigenvalue weighted by Gasteiger charge is -2.27. The molecule has 0 bridgehead atoms. The van der Waals surface area contributed by atoms with E-state index in [4.69, 9.17) is 4.99 Å². The molecule has 0 radical (unpaired) electrons. The molecule has 7 heteroatoms. The van der Waals surface area contributed by atoms with Crippen molar-refractivity contribution in [2.75, 3.05) is 26.2 Å². The number of aryl methyl sites for hydroxylation is 2. The SMILES string of the molecule is CCNC(=NCC1CCc2nnc(C)n2C1)N1CCC(C)(CC)C1.I. The molecule has 3 heterocycles. The van der Waals surface area contributed by atoms with Crippen LogP contribution in [-0.4, -0.2) is 51.8 Å². The Morgan fingerprint density at radius 3 is 2.84 bits per heavy atom. The molecule has 2 unspecified atom stereocenters. The molecule has 0 spiro atoms. The Hall–Kier alpha value is -0.860. The summed E-state index contributed by atoms with van der Waals surface area (Å²) in [4.78, 5) is 7.43. The van der Waals surface area contributed by atoms with E-state index in [0.29, 0.717) is 11.3 Å². The first-order chi connectivity index (χ1) is 11.5. The van der Waals surface area contributed by atoms with E-state index >= 15 is 0 Å². The van der Waals surface area contributed by atoms with Gasteiger partial charge in [0.1, 0.15) is 11.6 Å². The maximum absolute atomic E-state index is 4.98. The van der Waals surface area contributed by atoms with Gasteiger partial charge in [-0.1, -0.05) is 13.8 Å². The second kappa shape index (κ2) is 8.68. The molecule has 2 aliphatic rings. The summed E-state index contributed by atoms with van der Waals surface area (Å²) in [6.45, 7) is 14.0. The van der Waals surface area contributed by atoms with Crippen LogP contribution in [0, 0.1) is 18.3 Å². The number of halogens is 1. The second-order valence-corrected chi connectivity index (χ2v) is 7.71. The number of aromatic nitrogens is 3. The number of hydrogen-bond donors (Lipinski definition) is 1. The molecule has 2 aliphatic heterocycles. The van der Waals surface area contributed by atoms with Crippen LogP contribution in [0.4, 0.5) is 0 Å². The smallest absolute Gasteiger partial charge is 0.193 e. The van der Waals surface area contributed by atoms with Crippen LogP contribution in [0.25, 0.3) is 0 Å². The zero-order valence-electron chi connectivity index (χ0n) is 16.1. The molecule has 6 nitrogen and oxygen atoms in total. The van der Waals surface area contributed by atoms with Gasteiger partial charge in [-0.3, -0.25) is 4.99 Å². The van der Waals surface area contributed by atoms with E-state index in [0.717, 1.165) is 63.2 Å². The van der Waals surface area contributed by atoms with Crippen LogP contribution in [0.2, 0.25) is 0 Å². The Kier molecular flexibility index (Phi) is 7.10. The van der Waals surface area contributed by atoms with Gasteiger partial charge in [-0.2, -0.15) is 0 Å². The highest BCUT2D eigenvalue weighted by Gasteiger charge is 2.33. The van der Waals surface area contributed by atoms with Crippen molar-refractivity contribution in [3.8, 4) is 0 Å². The summed E-state index contributed by atoms with van der Waals surface area (Å²) < 4.78 is 2.26. The number of likely N-dealkylation sites (tertiary alicyclic amines) is 1. The molecule has 1 aromatic heterocycles.